The summed E-state index contributed by atoms with van der Waals surface area (Å²) >= 11 is 1.57. The average molecular weight is 427 g/mol. The Morgan fingerprint density at radius 1 is 1.06 bits per heavy atom. The first-order valence-corrected chi connectivity index (χ1v) is 10.9. The van der Waals surface area contributed by atoms with Crippen molar-refractivity contribution in [1.29, 1.82) is 0 Å². The van der Waals surface area contributed by atoms with Crippen LogP contribution in [0.1, 0.15) is 29.3 Å². The van der Waals surface area contributed by atoms with E-state index in [1.807, 2.05) is 54.0 Å². The average Bonchev–Trinajstić information content (AvgIpc) is 3.51. The van der Waals surface area contributed by atoms with Crippen LogP contribution in [0.25, 0.3) is 32.9 Å². The lowest BCUT2D eigenvalue weighted by molar-refractivity contribution is 0.0389. The Hall–Kier alpha value is -3.39. The van der Waals surface area contributed by atoms with Crippen LogP contribution < -0.4 is 0 Å². The van der Waals surface area contributed by atoms with Crippen LogP contribution >= 0.6 is 11.3 Å². The Bertz CT molecular complexity index is 1430. The van der Waals surface area contributed by atoms with Crippen molar-refractivity contribution in [2.45, 2.75) is 18.1 Å². The van der Waals surface area contributed by atoms with Crippen molar-refractivity contribution in [3.05, 3.63) is 89.3 Å². The first-order chi connectivity index (χ1) is 15.1. The molecule has 0 radical (unpaired) electrons. The molecule has 1 aliphatic carbocycles. The highest BCUT2D eigenvalue weighted by atomic mass is 32.1. The van der Waals surface area contributed by atoms with E-state index in [1.54, 1.807) is 29.8 Å². The lowest BCUT2D eigenvalue weighted by Gasteiger charge is -2.24. The van der Waals surface area contributed by atoms with Gasteiger partial charge in [0.2, 0.25) is 0 Å². The number of fused-ring (bicyclic) bond motifs is 2. The third kappa shape index (κ3) is 2.82. The third-order valence-corrected chi connectivity index (χ3v) is 6.78. The molecule has 4 aromatic heterocycles. The van der Waals surface area contributed by atoms with E-state index in [0.717, 1.165) is 32.9 Å². The number of aromatic amines is 1. The molecule has 0 saturated heterocycles. The quantitative estimate of drug-likeness (QED) is 0.397. The summed E-state index contributed by atoms with van der Waals surface area (Å²) < 4.78 is 0. The summed E-state index contributed by atoms with van der Waals surface area (Å²) in [5, 5.41) is 25.9. The molecule has 0 aliphatic heterocycles. The van der Waals surface area contributed by atoms with Gasteiger partial charge in [-0.2, -0.15) is 0 Å². The number of aliphatic hydroxyl groups excluding tert-OH is 1. The van der Waals surface area contributed by atoms with Crippen LogP contribution in [0.5, 0.6) is 0 Å². The zero-order valence-electron chi connectivity index (χ0n) is 16.4. The largest absolute Gasteiger partial charge is 0.388 e. The number of hydrogen-bond donors (Lipinski definition) is 3. The molecule has 0 bridgehead atoms. The van der Waals surface area contributed by atoms with Gasteiger partial charge < -0.3 is 15.2 Å². The van der Waals surface area contributed by atoms with Gasteiger partial charge in [0, 0.05) is 52.5 Å². The Morgan fingerprint density at radius 2 is 1.94 bits per heavy atom. The second kappa shape index (κ2) is 6.81. The number of benzene rings is 1. The first kappa shape index (κ1) is 18.4. The molecule has 0 unspecified atom stereocenters. The van der Waals surface area contributed by atoms with Gasteiger partial charge in [-0.1, -0.05) is 24.3 Å². The Kier molecular flexibility index (Phi) is 4.04. The highest BCUT2D eigenvalue weighted by molar-refractivity contribution is 7.13. The summed E-state index contributed by atoms with van der Waals surface area (Å²) in [6, 6.07) is 15.2. The minimum Gasteiger partial charge on any atom is -0.388 e. The molecule has 0 fully saturated rings. The van der Waals surface area contributed by atoms with Crippen LogP contribution in [0.4, 0.5) is 0 Å². The number of H-pyrrole nitrogens is 1. The number of nitrogens with one attached hydrogen (secondary N) is 1. The summed E-state index contributed by atoms with van der Waals surface area (Å²) in [6.07, 6.45) is 4.79. The van der Waals surface area contributed by atoms with E-state index < -0.39 is 11.7 Å². The van der Waals surface area contributed by atoms with Crippen molar-refractivity contribution in [1.82, 2.24) is 19.9 Å². The summed E-state index contributed by atoms with van der Waals surface area (Å²) in [5.74, 6) is 0. The van der Waals surface area contributed by atoms with Gasteiger partial charge in [0.15, 0.2) is 0 Å². The van der Waals surface area contributed by atoms with E-state index in [4.69, 9.17) is 4.98 Å². The molecule has 0 spiro atoms. The lowest BCUT2D eigenvalue weighted by atomic mass is 9.89. The fourth-order valence-corrected chi connectivity index (χ4v) is 5.23. The molecule has 6 nitrogen and oxygen atoms in total. The molecule has 3 N–H and O–H groups in total. The Labute approximate surface area is 181 Å². The second-order valence-electron chi connectivity index (χ2n) is 7.74. The van der Waals surface area contributed by atoms with Gasteiger partial charge in [0.25, 0.3) is 0 Å². The fourth-order valence-electron chi connectivity index (χ4n) is 4.37. The molecule has 1 aromatic carbocycles. The molecular formula is C24H18N4O2S. The molecule has 152 valence electrons. The van der Waals surface area contributed by atoms with Crippen molar-refractivity contribution in [2.75, 3.05) is 0 Å². The van der Waals surface area contributed by atoms with E-state index in [0.29, 0.717) is 16.8 Å². The molecular weight excluding hydrogens is 408 g/mol. The van der Waals surface area contributed by atoms with E-state index in [-0.39, 0.29) is 6.42 Å². The molecule has 4 heterocycles. The monoisotopic (exact) mass is 426 g/mol. The van der Waals surface area contributed by atoms with Gasteiger partial charge in [-0.3, -0.25) is 4.98 Å². The number of hydrogen-bond acceptors (Lipinski definition) is 6. The normalized spacial score (nSPS) is 20.3. The van der Waals surface area contributed by atoms with Crippen molar-refractivity contribution >= 4 is 22.4 Å². The molecule has 7 heteroatoms. The minimum absolute atomic E-state index is 0.188. The predicted octanol–water partition coefficient (Wildman–Crippen LogP) is 4.42. The van der Waals surface area contributed by atoms with Crippen molar-refractivity contribution in [3.63, 3.8) is 0 Å². The fraction of sp³-hybridized carbons (Fsp3) is 0.125. The maximum Gasteiger partial charge on any atom is 0.137 e. The van der Waals surface area contributed by atoms with Gasteiger partial charge in [-0.25, -0.2) is 9.97 Å². The maximum atomic E-state index is 11.5. The van der Waals surface area contributed by atoms with Gasteiger partial charge in [0.05, 0.1) is 17.5 Å². The molecule has 31 heavy (non-hydrogen) atoms. The lowest BCUT2D eigenvalue weighted by Crippen LogP contribution is -2.25. The molecule has 0 saturated carbocycles. The zero-order valence-corrected chi connectivity index (χ0v) is 17.2. The SMILES string of the molecule is O[C@H]1C[C@@](O)(c2cccc(-c3csc(-c4c[nH]c5ncccc45)n3)c2)c2ncccc21. The number of thiazole rings is 1. The Balaban J connectivity index is 1.40. The van der Waals surface area contributed by atoms with Crippen LogP contribution in [-0.4, -0.2) is 30.1 Å². The van der Waals surface area contributed by atoms with Crippen molar-refractivity contribution in [2.24, 2.45) is 0 Å². The summed E-state index contributed by atoms with van der Waals surface area (Å²) in [7, 11) is 0. The highest BCUT2D eigenvalue weighted by Crippen LogP contribution is 2.46. The summed E-state index contributed by atoms with van der Waals surface area (Å²) in [4.78, 5) is 16.8. The van der Waals surface area contributed by atoms with Crippen LogP contribution in [0.2, 0.25) is 0 Å². The zero-order chi connectivity index (χ0) is 21.0. The van der Waals surface area contributed by atoms with Gasteiger partial charge in [-0.15, -0.1) is 11.3 Å². The maximum absolute atomic E-state index is 11.5. The summed E-state index contributed by atoms with van der Waals surface area (Å²) in [6.45, 7) is 0. The number of rotatable bonds is 3. The molecule has 6 rings (SSSR count). The van der Waals surface area contributed by atoms with Crippen molar-refractivity contribution < 1.29 is 10.2 Å². The molecule has 0 amide bonds. The standard InChI is InChI=1S/C24H18N4O2S/c29-20-11-24(30,21-17(20)7-3-8-25-21)15-5-1-4-14(10-15)19-13-31-23(28-19)18-12-27-22-16(18)6-2-9-26-22/h1-10,12-13,20,29-30H,11H2,(H,26,27)/t20-,24+/m0/s1. The van der Waals surface area contributed by atoms with E-state index in [9.17, 15) is 10.2 Å². The topological polar surface area (TPSA) is 94.9 Å². The van der Waals surface area contributed by atoms with Gasteiger partial charge in [-0.05, 0) is 29.8 Å². The second-order valence-corrected chi connectivity index (χ2v) is 8.60. The van der Waals surface area contributed by atoms with Crippen LogP contribution in [0.15, 0.2) is 72.5 Å². The van der Waals surface area contributed by atoms with Crippen LogP contribution in [0.3, 0.4) is 0 Å². The predicted molar refractivity (Wildman–Crippen MR) is 119 cm³/mol. The number of aliphatic hydroxyl groups is 2. The first-order valence-electron chi connectivity index (χ1n) is 9.98. The van der Waals surface area contributed by atoms with E-state index in [1.165, 1.54) is 0 Å². The van der Waals surface area contributed by atoms with Gasteiger partial charge in [0.1, 0.15) is 16.3 Å². The molecule has 2 atom stereocenters. The molecule has 1 aliphatic rings. The number of aromatic nitrogens is 4. The Morgan fingerprint density at radius 3 is 2.87 bits per heavy atom. The van der Waals surface area contributed by atoms with Gasteiger partial charge >= 0.3 is 0 Å². The highest BCUT2D eigenvalue weighted by Gasteiger charge is 2.44. The summed E-state index contributed by atoms with van der Waals surface area (Å²) in [5.41, 5.74) is 4.17. The molecule has 5 aromatic rings. The van der Waals surface area contributed by atoms with E-state index >= 15 is 0 Å². The smallest absolute Gasteiger partial charge is 0.137 e. The third-order valence-electron chi connectivity index (χ3n) is 5.90. The van der Waals surface area contributed by atoms with E-state index in [2.05, 4.69) is 15.0 Å². The van der Waals surface area contributed by atoms with Crippen LogP contribution in [0, 0.1) is 0 Å². The van der Waals surface area contributed by atoms with Crippen LogP contribution in [-0.2, 0) is 5.60 Å². The number of nitrogens with zero attached hydrogens (tertiary/aromatic N) is 3. The minimum atomic E-state index is -1.33. The number of pyridine rings is 2. The van der Waals surface area contributed by atoms with Crippen molar-refractivity contribution in [3.8, 4) is 21.8 Å².